The number of carbonyl (C=O) groups is 2. The Morgan fingerprint density at radius 3 is 2.86 bits per heavy atom. The van der Waals surface area contributed by atoms with Crippen molar-refractivity contribution in [1.29, 1.82) is 0 Å². The zero-order valence-corrected chi connectivity index (χ0v) is 20.1. The molecule has 2 aliphatic rings. The first-order chi connectivity index (χ1) is 17.2. The third-order valence-electron chi connectivity index (χ3n) is 6.48. The second kappa shape index (κ2) is 8.90. The molecule has 0 aliphatic carbocycles. The van der Waals surface area contributed by atoms with E-state index in [4.69, 9.17) is 10.5 Å². The highest BCUT2D eigenvalue weighted by Gasteiger charge is 2.48. The number of fused-ring (bicyclic) bond motifs is 1. The second-order valence-electron chi connectivity index (χ2n) is 8.58. The lowest BCUT2D eigenvalue weighted by atomic mass is 9.89. The first-order valence-corrected chi connectivity index (χ1v) is 12.0. The number of halogens is 2. The number of nitrogens with one attached hydrogen (secondary N) is 2. The van der Waals surface area contributed by atoms with Crippen molar-refractivity contribution in [3.05, 3.63) is 54.4 Å². The van der Waals surface area contributed by atoms with E-state index in [9.17, 15) is 18.4 Å². The molecule has 2 fully saturated rings. The van der Waals surface area contributed by atoms with Crippen LogP contribution in [0, 0.1) is 11.6 Å². The molecular weight excluding hydrogens is 492 g/mol. The molecule has 0 bridgehead atoms. The van der Waals surface area contributed by atoms with E-state index in [1.165, 1.54) is 12.3 Å². The Bertz CT molecular complexity index is 1350. The lowest BCUT2D eigenvalue weighted by molar-refractivity contribution is 0.102. The van der Waals surface area contributed by atoms with Gasteiger partial charge in [0.25, 0.3) is 5.91 Å². The number of ether oxygens (including phenoxy) is 1. The summed E-state index contributed by atoms with van der Waals surface area (Å²) in [6.45, 7) is 4.95. The summed E-state index contributed by atoms with van der Waals surface area (Å²) in [5.41, 5.74) is 5.27. The monoisotopic (exact) mass is 515 g/mol. The summed E-state index contributed by atoms with van der Waals surface area (Å²) in [6, 6.07) is 3.47. The summed E-state index contributed by atoms with van der Waals surface area (Å²) in [6.07, 6.45) is 3.48. The van der Waals surface area contributed by atoms with Gasteiger partial charge in [0.2, 0.25) is 0 Å². The third kappa shape index (κ3) is 3.94. The van der Waals surface area contributed by atoms with Crippen LogP contribution in [-0.4, -0.2) is 51.5 Å². The van der Waals surface area contributed by atoms with Crippen molar-refractivity contribution in [1.82, 2.24) is 20.1 Å². The SMILES string of the molecule is C=CC12CCN(c3c(NC(=O)c4nc(-c5c(F)cccc5F)sc4N)cnn3C)CCC1OC(=O)N2. The van der Waals surface area contributed by atoms with Gasteiger partial charge in [0, 0.05) is 26.6 Å². The van der Waals surface area contributed by atoms with E-state index in [-0.39, 0.29) is 27.4 Å². The maximum absolute atomic E-state index is 14.2. The Kier molecular flexibility index (Phi) is 5.86. The van der Waals surface area contributed by atoms with E-state index < -0.39 is 29.2 Å². The number of benzene rings is 1. The number of nitrogens with zero attached hydrogens (tertiary/aromatic N) is 4. The molecule has 4 heterocycles. The van der Waals surface area contributed by atoms with Gasteiger partial charge in [0.05, 0.1) is 11.8 Å². The number of hydrogen-bond donors (Lipinski definition) is 3. The smallest absolute Gasteiger partial charge is 0.408 e. The minimum absolute atomic E-state index is 0.0269. The number of carbonyl (C=O) groups excluding carboxylic acids is 2. The largest absolute Gasteiger partial charge is 0.443 e. The van der Waals surface area contributed by atoms with Crippen molar-refractivity contribution in [2.24, 2.45) is 7.05 Å². The topological polar surface area (TPSA) is 127 Å². The fraction of sp³-hybridized carbons (Fsp3) is 0.304. The van der Waals surface area contributed by atoms with Gasteiger partial charge in [0.15, 0.2) is 11.5 Å². The second-order valence-corrected chi connectivity index (χ2v) is 9.61. The summed E-state index contributed by atoms with van der Waals surface area (Å²) in [4.78, 5) is 31.0. The molecule has 2 aromatic heterocycles. The van der Waals surface area contributed by atoms with Crippen LogP contribution in [0.25, 0.3) is 10.6 Å². The van der Waals surface area contributed by atoms with E-state index in [2.05, 4.69) is 27.3 Å². The Labute approximate surface area is 208 Å². The van der Waals surface area contributed by atoms with Crippen molar-refractivity contribution in [2.75, 3.05) is 29.0 Å². The lowest BCUT2D eigenvalue weighted by Crippen LogP contribution is -2.46. The van der Waals surface area contributed by atoms with Gasteiger partial charge in [-0.05, 0) is 18.6 Å². The van der Waals surface area contributed by atoms with E-state index in [0.717, 1.165) is 23.5 Å². The molecule has 2 amide bonds. The van der Waals surface area contributed by atoms with Gasteiger partial charge in [-0.3, -0.25) is 9.48 Å². The predicted octanol–water partition coefficient (Wildman–Crippen LogP) is 3.29. The van der Waals surface area contributed by atoms with Gasteiger partial charge in [-0.2, -0.15) is 5.10 Å². The Morgan fingerprint density at radius 1 is 1.39 bits per heavy atom. The molecule has 188 valence electrons. The first kappa shape index (κ1) is 23.7. The van der Waals surface area contributed by atoms with Crippen molar-refractivity contribution in [3.63, 3.8) is 0 Å². The van der Waals surface area contributed by atoms with Crippen LogP contribution >= 0.6 is 11.3 Å². The molecule has 2 aliphatic heterocycles. The molecule has 36 heavy (non-hydrogen) atoms. The number of thiazole rings is 1. The average molecular weight is 516 g/mol. The van der Waals surface area contributed by atoms with Gasteiger partial charge < -0.3 is 26.0 Å². The number of aromatic nitrogens is 3. The van der Waals surface area contributed by atoms with Crippen LogP contribution in [0.15, 0.2) is 37.1 Å². The highest BCUT2D eigenvalue weighted by atomic mass is 32.1. The first-order valence-electron chi connectivity index (χ1n) is 11.1. The van der Waals surface area contributed by atoms with E-state index >= 15 is 0 Å². The molecule has 3 aromatic rings. The quantitative estimate of drug-likeness (QED) is 0.445. The molecule has 13 heteroatoms. The van der Waals surface area contributed by atoms with Crippen molar-refractivity contribution in [2.45, 2.75) is 24.5 Å². The van der Waals surface area contributed by atoms with Crippen molar-refractivity contribution < 1.29 is 23.1 Å². The molecule has 2 atom stereocenters. The number of alkyl carbamates (subject to hydrolysis) is 1. The Morgan fingerprint density at radius 2 is 2.14 bits per heavy atom. The number of amides is 2. The normalized spacial score (nSPS) is 21.4. The van der Waals surface area contributed by atoms with Gasteiger partial charge in [0.1, 0.15) is 39.0 Å². The van der Waals surface area contributed by atoms with Crippen LogP contribution in [0.4, 0.5) is 30.1 Å². The molecule has 4 N–H and O–H groups in total. The number of hydrogen-bond acceptors (Lipinski definition) is 8. The molecule has 10 nitrogen and oxygen atoms in total. The number of rotatable bonds is 5. The molecule has 2 saturated heterocycles. The summed E-state index contributed by atoms with van der Waals surface area (Å²) >= 11 is 0.823. The van der Waals surface area contributed by atoms with E-state index in [1.807, 2.05) is 4.90 Å². The van der Waals surface area contributed by atoms with E-state index in [0.29, 0.717) is 37.4 Å². The zero-order chi connectivity index (χ0) is 25.6. The van der Waals surface area contributed by atoms with Gasteiger partial charge in [-0.25, -0.2) is 18.6 Å². The lowest BCUT2D eigenvalue weighted by Gasteiger charge is -2.27. The van der Waals surface area contributed by atoms with Gasteiger partial charge >= 0.3 is 6.09 Å². The predicted molar refractivity (Wildman–Crippen MR) is 131 cm³/mol. The summed E-state index contributed by atoms with van der Waals surface area (Å²) in [5.74, 6) is -1.59. The molecule has 0 spiro atoms. The maximum atomic E-state index is 14.2. The summed E-state index contributed by atoms with van der Waals surface area (Å²) < 4.78 is 35.5. The fourth-order valence-electron chi connectivity index (χ4n) is 4.65. The maximum Gasteiger partial charge on any atom is 0.408 e. The molecule has 2 unspecified atom stereocenters. The molecule has 5 rings (SSSR count). The number of aryl methyl sites for hydroxylation is 1. The molecular formula is C23H23F2N7O3S. The minimum atomic E-state index is -0.798. The highest BCUT2D eigenvalue weighted by Crippen LogP contribution is 2.36. The van der Waals surface area contributed by atoms with Crippen LogP contribution in [0.5, 0.6) is 0 Å². The van der Waals surface area contributed by atoms with Crippen LogP contribution in [0.2, 0.25) is 0 Å². The molecule has 0 radical (unpaired) electrons. The number of anilines is 3. The van der Waals surface area contributed by atoms with E-state index in [1.54, 1.807) is 17.8 Å². The zero-order valence-electron chi connectivity index (χ0n) is 19.3. The van der Waals surface area contributed by atoms with Gasteiger partial charge in [-0.15, -0.1) is 6.58 Å². The van der Waals surface area contributed by atoms with Crippen LogP contribution < -0.4 is 21.3 Å². The minimum Gasteiger partial charge on any atom is -0.443 e. The highest BCUT2D eigenvalue weighted by molar-refractivity contribution is 7.19. The summed E-state index contributed by atoms with van der Waals surface area (Å²) in [7, 11) is 1.74. The number of nitrogens with two attached hydrogens (primary N) is 1. The van der Waals surface area contributed by atoms with Crippen molar-refractivity contribution in [3.8, 4) is 10.6 Å². The van der Waals surface area contributed by atoms with Crippen LogP contribution in [0.3, 0.4) is 0 Å². The molecule has 1 aromatic carbocycles. The van der Waals surface area contributed by atoms with Crippen molar-refractivity contribution >= 4 is 39.8 Å². The third-order valence-corrected chi connectivity index (χ3v) is 7.38. The molecule has 0 saturated carbocycles. The Hall–Kier alpha value is -4.00. The van der Waals surface area contributed by atoms with Crippen LogP contribution in [-0.2, 0) is 11.8 Å². The fourth-order valence-corrected chi connectivity index (χ4v) is 5.53. The summed E-state index contributed by atoms with van der Waals surface area (Å²) in [5, 5.41) is 9.91. The Balaban J connectivity index is 1.38. The average Bonchev–Trinajstić information content (AvgIpc) is 3.46. The van der Waals surface area contributed by atoms with Gasteiger partial charge in [-0.1, -0.05) is 23.5 Å². The number of nitrogen functional groups attached to an aromatic ring is 1. The standard InChI is InChI=1S/C23H23F2N7O3S/c1-3-23-8-10-32(9-7-15(23)35-22(34)30-23)21-14(11-27-31(21)2)28-19(33)17-18(26)36-20(29-17)16-12(24)5-4-6-13(16)25/h3-6,11,15H,1,7-10,26H2,2H3,(H,28,33)(H,30,34). The van der Waals surface area contributed by atoms with Crippen LogP contribution in [0.1, 0.15) is 23.3 Å².